The summed E-state index contributed by atoms with van der Waals surface area (Å²) in [5.74, 6) is 1.47. The van der Waals surface area contributed by atoms with Gasteiger partial charge in [0.25, 0.3) is 5.91 Å². The van der Waals surface area contributed by atoms with E-state index in [2.05, 4.69) is 9.97 Å². The Morgan fingerprint density at radius 1 is 1.26 bits per heavy atom. The summed E-state index contributed by atoms with van der Waals surface area (Å²) in [5, 5.41) is 0.705. The van der Waals surface area contributed by atoms with Crippen LogP contribution in [0.1, 0.15) is 58.8 Å². The van der Waals surface area contributed by atoms with Crippen LogP contribution in [0.2, 0.25) is 5.02 Å². The van der Waals surface area contributed by atoms with E-state index in [0.29, 0.717) is 29.6 Å². The number of carbonyl (C=O) groups excluding carboxylic acids is 1. The molecule has 1 aliphatic heterocycles. The molecule has 6 nitrogen and oxygen atoms in total. The molecule has 27 heavy (non-hydrogen) atoms. The van der Waals surface area contributed by atoms with Crippen molar-refractivity contribution in [2.75, 3.05) is 6.54 Å². The third-order valence-electron chi connectivity index (χ3n) is 4.85. The van der Waals surface area contributed by atoms with Crippen molar-refractivity contribution < 1.29 is 13.6 Å². The third kappa shape index (κ3) is 3.76. The lowest BCUT2D eigenvalue weighted by Gasteiger charge is -2.33. The van der Waals surface area contributed by atoms with Gasteiger partial charge in [-0.25, -0.2) is 9.97 Å². The number of halogens is 1. The number of amides is 1. The lowest BCUT2D eigenvalue weighted by atomic mass is 10.0. The van der Waals surface area contributed by atoms with Crippen molar-refractivity contribution in [3.05, 3.63) is 70.5 Å². The van der Waals surface area contributed by atoms with E-state index >= 15 is 0 Å². The minimum absolute atomic E-state index is 0.160. The number of piperidine rings is 1. The van der Waals surface area contributed by atoms with Gasteiger partial charge in [-0.15, -0.1) is 0 Å². The topological polar surface area (TPSA) is 72.4 Å². The third-order valence-corrected chi connectivity index (χ3v) is 5.10. The van der Waals surface area contributed by atoms with E-state index in [1.165, 1.54) is 6.39 Å². The van der Waals surface area contributed by atoms with Crippen LogP contribution < -0.4 is 0 Å². The van der Waals surface area contributed by atoms with Gasteiger partial charge in [-0.05, 0) is 43.9 Å². The van der Waals surface area contributed by atoms with E-state index < -0.39 is 0 Å². The molecule has 1 atom stereocenters. The van der Waals surface area contributed by atoms with E-state index in [1.807, 2.05) is 24.3 Å². The average Bonchev–Trinajstić information content (AvgIpc) is 3.32. The Kier molecular flexibility index (Phi) is 4.99. The maximum absolute atomic E-state index is 12.9. The number of carbonyl (C=O) groups is 1. The highest BCUT2D eigenvalue weighted by Crippen LogP contribution is 2.32. The number of nitrogens with zero attached hydrogens (tertiary/aromatic N) is 3. The van der Waals surface area contributed by atoms with Crippen molar-refractivity contribution in [1.29, 1.82) is 0 Å². The Labute approximate surface area is 162 Å². The molecule has 1 unspecified atom stereocenters. The van der Waals surface area contributed by atoms with Crippen molar-refractivity contribution in [1.82, 2.24) is 14.9 Å². The van der Waals surface area contributed by atoms with Gasteiger partial charge in [0.1, 0.15) is 11.8 Å². The van der Waals surface area contributed by atoms with Crippen LogP contribution in [0.3, 0.4) is 0 Å². The number of rotatable bonds is 4. The van der Waals surface area contributed by atoms with Gasteiger partial charge in [-0.1, -0.05) is 23.7 Å². The van der Waals surface area contributed by atoms with Crippen LogP contribution in [0.25, 0.3) is 0 Å². The number of oxazole rings is 2. The first kappa shape index (κ1) is 17.8. The first-order valence-corrected chi connectivity index (χ1v) is 9.39. The minimum Gasteiger partial charge on any atom is -0.443 e. The normalized spacial score (nSPS) is 17.3. The number of likely N-dealkylation sites (tertiary alicyclic amines) is 1. The summed E-state index contributed by atoms with van der Waals surface area (Å²) in [6.07, 6.45) is 6.47. The van der Waals surface area contributed by atoms with Gasteiger partial charge in [0.2, 0.25) is 11.7 Å². The van der Waals surface area contributed by atoms with E-state index in [1.54, 1.807) is 18.0 Å². The van der Waals surface area contributed by atoms with E-state index in [9.17, 15) is 4.79 Å². The Morgan fingerprint density at radius 2 is 2.07 bits per heavy atom. The molecule has 0 bridgehead atoms. The van der Waals surface area contributed by atoms with E-state index in [-0.39, 0.29) is 17.7 Å². The second-order valence-corrected chi connectivity index (χ2v) is 7.18. The molecule has 140 valence electrons. The predicted octanol–water partition coefficient (Wildman–Crippen LogP) is 4.58. The Balaban J connectivity index is 1.54. The quantitative estimate of drug-likeness (QED) is 0.657. The van der Waals surface area contributed by atoms with Gasteiger partial charge in [-0.2, -0.15) is 0 Å². The molecule has 0 radical (unpaired) electrons. The average molecular weight is 386 g/mol. The van der Waals surface area contributed by atoms with Crippen molar-refractivity contribution in [2.24, 2.45) is 0 Å². The molecule has 1 aromatic carbocycles. The number of aromatic nitrogens is 2. The fourth-order valence-corrected chi connectivity index (χ4v) is 3.56. The second kappa shape index (κ2) is 7.56. The van der Waals surface area contributed by atoms with Gasteiger partial charge in [-0.3, -0.25) is 4.79 Å². The van der Waals surface area contributed by atoms with Crippen LogP contribution >= 0.6 is 11.6 Å². The fraction of sp³-hybridized carbons (Fsp3) is 0.350. The molecule has 1 amide bonds. The summed E-state index contributed by atoms with van der Waals surface area (Å²) in [4.78, 5) is 23.2. The van der Waals surface area contributed by atoms with E-state index in [0.717, 1.165) is 30.6 Å². The molecule has 0 spiro atoms. The maximum atomic E-state index is 12.9. The number of hydrogen-bond donors (Lipinski definition) is 0. The fourth-order valence-electron chi connectivity index (χ4n) is 3.43. The van der Waals surface area contributed by atoms with Crippen molar-refractivity contribution in [3.8, 4) is 0 Å². The molecule has 3 heterocycles. The summed E-state index contributed by atoms with van der Waals surface area (Å²) in [5.41, 5.74) is 1.69. The molecule has 1 fully saturated rings. The first-order chi connectivity index (χ1) is 13.1. The molecule has 1 saturated heterocycles. The predicted molar refractivity (Wildman–Crippen MR) is 99.6 cm³/mol. The SMILES string of the molecule is Cc1ncoc1C(=O)N1CCCCC1c1ncc(Cc2ccc(Cl)cc2)o1. The second-order valence-electron chi connectivity index (χ2n) is 6.75. The Morgan fingerprint density at radius 3 is 2.81 bits per heavy atom. The monoisotopic (exact) mass is 385 g/mol. The van der Waals surface area contributed by atoms with Gasteiger partial charge in [0, 0.05) is 18.0 Å². The largest absolute Gasteiger partial charge is 0.443 e. The molecule has 0 aliphatic carbocycles. The summed E-state index contributed by atoms with van der Waals surface area (Å²) in [7, 11) is 0. The van der Waals surface area contributed by atoms with Crippen LogP contribution in [0.4, 0.5) is 0 Å². The highest BCUT2D eigenvalue weighted by molar-refractivity contribution is 6.30. The lowest BCUT2D eigenvalue weighted by Crippen LogP contribution is -2.38. The van der Waals surface area contributed by atoms with Gasteiger partial charge >= 0.3 is 0 Å². The Hall–Kier alpha value is -2.60. The number of benzene rings is 1. The molecule has 0 saturated carbocycles. The van der Waals surface area contributed by atoms with Crippen molar-refractivity contribution in [2.45, 2.75) is 38.6 Å². The molecule has 3 aromatic rings. The highest BCUT2D eigenvalue weighted by Gasteiger charge is 2.34. The molecule has 0 N–H and O–H groups in total. The molecular formula is C20H20ClN3O3. The van der Waals surface area contributed by atoms with Gasteiger partial charge in [0.05, 0.1) is 11.9 Å². The van der Waals surface area contributed by atoms with Crippen LogP contribution in [0.5, 0.6) is 0 Å². The zero-order chi connectivity index (χ0) is 18.8. The zero-order valence-corrected chi connectivity index (χ0v) is 15.8. The molecule has 7 heteroatoms. The van der Waals surface area contributed by atoms with Crippen LogP contribution in [-0.2, 0) is 6.42 Å². The molecule has 1 aliphatic rings. The summed E-state index contributed by atoms with van der Waals surface area (Å²) >= 11 is 5.93. The summed E-state index contributed by atoms with van der Waals surface area (Å²) < 4.78 is 11.3. The number of aryl methyl sites for hydroxylation is 1. The van der Waals surface area contributed by atoms with Crippen LogP contribution in [0, 0.1) is 6.92 Å². The lowest BCUT2D eigenvalue weighted by molar-refractivity contribution is 0.0537. The summed E-state index contributed by atoms with van der Waals surface area (Å²) in [6.45, 7) is 2.42. The van der Waals surface area contributed by atoms with Crippen LogP contribution in [0.15, 0.2) is 45.7 Å². The Bertz CT molecular complexity index is 932. The van der Waals surface area contributed by atoms with Gasteiger partial charge < -0.3 is 13.7 Å². The molecule has 2 aromatic heterocycles. The number of hydrogen-bond acceptors (Lipinski definition) is 5. The highest BCUT2D eigenvalue weighted by atomic mass is 35.5. The van der Waals surface area contributed by atoms with Gasteiger partial charge in [0.15, 0.2) is 6.39 Å². The maximum Gasteiger partial charge on any atom is 0.292 e. The van der Waals surface area contributed by atoms with Crippen molar-refractivity contribution >= 4 is 17.5 Å². The van der Waals surface area contributed by atoms with E-state index in [4.69, 9.17) is 20.4 Å². The molecule has 4 rings (SSSR count). The minimum atomic E-state index is -0.185. The smallest absolute Gasteiger partial charge is 0.292 e. The van der Waals surface area contributed by atoms with Crippen molar-refractivity contribution in [3.63, 3.8) is 0 Å². The zero-order valence-electron chi connectivity index (χ0n) is 15.0. The molecular weight excluding hydrogens is 366 g/mol. The first-order valence-electron chi connectivity index (χ1n) is 9.02. The summed E-state index contributed by atoms with van der Waals surface area (Å²) in [6, 6.07) is 7.46. The standard InChI is InChI=1S/C20H20ClN3O3/c1-13-18(26-12-23-13)20(25)24-9-3-2-4-17(24)19-22-11-16(27-19)10-14-5-7-15(21)8-6-14/h5-8,11-12,17H,2-4,9-10H2,1H3. The van der Waals surface area contributed by atoms with Crippen LogP contribution in [-0.4, -0.2) is 27.3 Å².